The number of aryl methyl sites for hydroxylation is 4. The highest BCUT2D eigenvalue weighted by Gasteiger charge is 2.37. The lowest BCUT2D eigenvalue weighted by Gasteiger charge is -2.32. The highest BCUT2D eigenvalue weighted by atomic mass is 32.1. The number of para-hydroxylation sites is 2. The number of fused-ring (bicyclic) bond motifs is 12. The molecule has 470 valence electrons. The minimum atomic E-state index is -0.138. The van der Waals surface area contributed by atoms with Crippen LogP contribution >= 0.6 is 22.7 Å². The fourth-order valence-corrected chi connectivity index (χ4v) is 18.7. The summed E-state index contributed by atoms with van der Waals surface area (Å²) in [6.45, 7) is 18.6. The van der Waals surface area contributed by atoms with Crippen molar-refractivity contribution in [2.75, 3.05) is 9.80 Å². The lowest BCUT2D eigenvalue weighted by molar-refractivity contribution is 0.660. The van der Waals surface area contributed by atoms with E-state index in [9.17, 15) is 0 Å². The van der Waals surface area contributed by atoms with E-state index in [2.05, 4.69) is 356 Å². The molecule has 0 N–H and O–H groups in total. The molecule has 0 aliphatic heterocycles. The number of rotatable bonds is 11. The first-order valence-electron chi connectivity index (χ1n) is 34.3. The number of hydrogen-bond donors (Lipinski definition) is 0. The molecule has 0 bridgehead atoms. The third kappa shape index (κ3) is 9.55. The third-order valence-electron chi connectivity index (χ3n) is 21.6. The molecule has 18 rings (SSSR count). The summed E-state index contributed by atoms with van der Waals surface area (Å²) >= 11 is 3.73. The molecule has 0 amide bonds. The Balaban J connectivity index is 0.748. The second-order valence-electron chi connectivity index (χ2n) is 28.2. The molecule has 2 heterocycles. The number of nitrogens with zero attached hydrogens (tertiary/aromatic N) is 2. The van der Waals surface area contributed by atoms with E-state index in [4.69, 9.17) is 0 Å². The van der Waals surface area contributed by atoms with Gasteiger partial charge in [-0.05, 0) is 236 Å². The zero-order valence-electron chi connectivity index (χ0n) is 56.4. The van der Waals surface area contributed by atoms with Crippen LogP contribution in [0.1, 0.15) is 72.2 Å². The zero-order valence-corrected chi connectivity index (χ0v) is 58.1. The Bertz CT molecular complexity index is 5570. The van der Waals surface area contributed by atoms with E-state index in [1.165, 1.54) is 174 Å². The van der Waals surface area contributed by atoms with Gasteiger partial charge >= 0.3 is 0 Å². The normalized spacial score (nSPS) is 13.3. The lowest BCUT2D eigenvalue weighted by atomic mass is 9.81. The van der Waals surface area contributed by atoms with Gasteiger partial charge in [-0.15, -0.1) is 22.7 Å². The van der Waals surface area contributed by atoms with Gasteiger partial charge in [0, 0.05) is 85.1 Å². The molecule has 4 heteroatoms. The van der Waals surface area contributed by atoms with Gasteiger partial charge in [0.05, 0.1) is 11.4 Å². The number of benzene rings is 14. The Morgan fingerprint density at radius 3 is 1.00 bits per heavy atom. The van der Waals surface area contributed by atoms with Gasteiger partial charge in [0.1, 0.15) is 0 Å². The molecule has 2 aromatic heterocycles. The monoisotopic (exact) mass is 1290 g/mol. The summed E-state index contributed by atoms with van der Waals surface area (Å²) in [5.41, 5.74) is 34.1. The third-order valence-corrected chi connectivity index (χ3v) is 23.9. The van der Waals surface area contributed by atoms with Crippen LogP contribution in [0.15, 0.2) is 291 Å². The van der Waals surface area contributed by atoms with Crippen LogP contribution in [0.5, 0.6) is 0 Å². The smallest absolute Gasteiger partial charge is 0.0569 e. The molecule has 2 aliphatic rings. The van der Waals surface area contributed by atoms with E-state index < -0.39 is 0 Å². The molecule has 0 saturated heterocycles. The second-order valence-corrected chi connectivity index (χ2v) is 30.4. The Kier molecular flexibility index (Phi) is 13.9. The van der Waals surface area contributed by atoms with Crippen LogP contribution < -0.4 is 9.80 Å². The van der Waals surface area contributed by atoms with Crippen molar-refractivity contribution in [1.82, 2.24) is 0 Å². The van der Waals surface area contributed by atoms with Gasteiger partial charge in [0.25, 0.3) is 0 Å². The van der Waals surface area contributed by atoms with Gasteiger partial charge in [-0.1, -0.05) is 222 Å². The van der Waals surface area contributed by atoms with Gasteiger partial charge in [0.15, 0.2) is 0 Å². The molecule has 0 unspecified atom stereocenters. The van der Waals surface area contributed by atoms with Crippen LogP contribution in [-0.2, 0) is 10.8 Å². The van der Waals surface area contributed by atoms with E-state index in [0.717, 1.165) is 22.7 Å². The van der Waals surface area contributed by atoms with Crippen LogP contribution in [-0.4, -0.2) is 0 Å². The number of anilines is 6. The lowest BCUT2D eigenvalue weighted by Crippen LogP contribution is -2.16. The summed E-state index contributed by atoms with van der Waals surface area (Å²) in [7, 11) is 0. The van der Waals surface area contributed by atoms with E-state index in [-0.39, 0.29) is 10.8 Å². The van der Waals surface area contributed by atoms with Crippen molar-refractivity contribution in [1.29, 1.82) is 0 Å². The van der Waals surface area contributed by atoms with Gasteiger partial charge in [-0.3, -0.25) is 0 Å². The first kappa shape index (κ1) is 59.6. The van der Waals surface area contributed by atoms with Crippen LogP contribution in [0.4, 0.5) is 34.1 Å². The van der Waals surface area contributed by atoms with Crippen molar-refractivity contribution in [2.24, 2.45) is 0 Å². The molecule has 14 aromatic carbocycles. The van der Waals surface area contributed by atoms with E-state index in [1.54, 1.807) is 0 Å². The molecule has 2 nitrogen and oxygen atoms in total. The Hall–Kier alpha value is -10.9. The van der Waals surface area contributed by atoms with Crippen molar-refractivity contribution in [2.45, 2.75) is 66.2 Å². The van der Waals surface area contributed by atoms with Crippen molar-refractivity contribution in [3.63, 3.8) is 0 Å². The van der Waals surface area contributed by atoms with Crippen LogP contribution in [0.3, 0.4) is 0 Å². The van der Waals surface area contributed by atoms with E-state index in [0.29, 0.717) is 0 Å². The molecular weight excluding hydrogens is 1220 g/mol. The van der Waals surface area contributed by atoms with Gasteiger partial charge in [-0.2, -0.15) is 0 Å². The van der Waals surface area contributed by atoms with Crippen LogP contribution in [0, 0.1) is 27.7 Å². The minimum Gasteiger partial charge on any atom is -0.309 e. The SMILES string of the molecule is Cc1cc(-c2ccc(N(c3ccc(-c4ccc5sc6ccccc6c5c4)cc3)c3c(C)cccc3-c3ccc4c(c3)C(C)(C)c3ccccc3-4)c(C)c2)ccc1N(c1ccc(-c2ccc3sc4ccccc4c3c2)cc1)c1c(C)cccc1-c1ccc2c(c1)C(C)(C)c1ccccc1-2. The molecule has 0 atom stereocenters. The summed E-state index contributed by atoms with van der Waals surface area (Å²) < 4.78 is 5.27. The predicted molar refractivity (Wildman–Crippen MR) is 423 cm³/mol. The van der Waals surface area contributed by atoms with Crippen molar-refractivity contribution >= 4 is 97.1 Å². The zero-order chi connectivity index (χ0) is 66.3. The standard InChI is InChI=1S/C94H72N2S2/c1-57-19-17-25-71(67-35-45-75-73-21-9-13-27-81(73)93(5,6)83(75)55-67)91(57)95(69-41-31-61(32-42-69)65-39-49-89-79(53-65)77-23-11-15-29-87(77)97-89)85-47-37-63(51-59(85)3)64-38-48-86(60(4)52-64)96(70-43-33-62(34-44-70)66-40-50-90-80(54-66)78-24-12-16-30-88(78)98-90)92-58(2)20-18-26-72(92)68-36-46-76-74-22-10-14-28-82(74)94(7,8)84(76)56-68/h9-56H,1-8H3. The second kappa shape index (κ2) is 22.9. The van der Waals surface area contributed by atoms with Crippen molar-refractivity contribution in [3.05, 3.63) is 336 Å². The van der Waals surface area contributed by atoms with Gasteiger partial charge in [-0.25, -0.2) is 0 Å². The van der Waals surface area contributed by atoms with Crippen molar-refractivity contribution in [3.8, 4) is 77.9 Å². The first-order valence-corrected chi connectivity index (χ1v) is 35.9. The molecule has 98 heavy (non-hydrogen) atoms. The van der Waals surface area contributed by atoms with Crippen molar-refractivity contribution < 1.29 is 0 Å². The molecule has 0 saturated carbocycles. The summed E-state index contributed by atoms with van der Waals surface area (Å²) in [6, 6.07) is 110. The summed E-state index contributed by atoms with van der Waals surface area (Å²) in [4.78, 5) is 5.05. The van der Waals surface area contributed by atoms with Crippen LogP contribution in [0.25, 0.3) is 118 Å². The number of thiophene rings is 2. The average molecular weight is 1290 g/mol. The molecule has 0 spiro atoms. The predicted octanol–water partition coefficient (Wildman–Crippen LogP) is 27.5. The van der Waals surface area contributed by atoms with E-state index >= 15 is 0 Å². The molecule has 16 aromatic rings. The summed E-state index contributed by atoms with van der Waals surface area (Å²) in [6.07, 6.45) is 0. The Morgan fingerprint density at radius 1 is 0.235 bits per heavy atom. The fourth-order valence-electron chi connectivity index (χ4n) is 16.5. The molecule has 2 aliphatic carbocycles. The van der Waals surface area contributed by atoms with Gasteiger partial charge < -0.3 is 9.80 Å². The summed E-state index contributed by atoms with van der Waals surface area (Å²) in [5.74, 6) is 0. The maximum absolute atomic E-state index is 2.52. The summed E-state index contributed by atoms with van der Waals surface area (Å²) in [5, 5.41) is 5.24. The van der Waals surface area contributed by atoms with E-state index in [1.807, 2.05) is 22.7 Å². The highest BCUT2D eigenvalue weighted by molar-refractivity contribution is 7.26. The highest BCUT2D eigenvalue weighted by Crippen LogP contribution is 2.55. The van der Waals surface area contributed by atoms with Crippen LogP contribution in [0.2, 0.25) is 0 Å². The fraction of sp³-hybridized carbons (Fsp3) is 0.106. The molecular formula is C94H72N2S2. The molecule has 0 radical (unpaired) electrons. The van der Waals surface area contributed by atoms with Gasteiger partial charge in [0.2, 0.25) is 0 Å². The Morgan fingerprint density at radius 2 is 0.571 bits per heavy atom. The maximum atomic E-state index is 2.52. The number of hydrogen-bond acceptors (Lipinski definition) is 4. The quantitative estimate of drug-likeness (QED) is 0.127. The molecule has 0 fully saturated rings. The Labute approximate surface area is 582 Å². The topological polar surface area (TPSA) is 6.48 Å². The minimum absolute atomic E-state index is 0.138. The first-order chi connectivity index (χ1) is 47.7. The average Bonchev–Trinajstić information content (AvgIpc) is 1.58. The maximum Gasteiger partial charge on any atom is 0.0569 e. The largest absolute Gasteiger partial charge is 0.309 e.